The van der Waals surface area contributed by atoms with Crippen LogP contribution in [0.4, 0.5) is 10.1 Å². The van der Waals surface area contributed by atoms with Gasteiger partial charge < -0.3 is 11.5 Å². The summed E-state index contributed by atoms with van der Waals surface area (Å²) in [6.07, 6.45) is 8.74. The molecule has 3 nitrogen and oxygen atoms in total. The van der Waals surface area contributed by atoms with Gasteiger partial charge in [0.05, 0.1) is 5.69 Å². The predicted octanol–water partition coefficient (Wildman–Crippen LogP) is 4.16. The molecule has 0 aliphatic carbocycles. The van der Waals surface area contributed by atoms with Crippen LogP contribution in [0.15, 0.2) is 0 Å². The van der Waals surface area contributed by atoms with Gasteiger partial charge in [0.15, 0.2) is 5.13 Å². The van der Waals surface area contributed by atoms with Crippen LogP contribution in [0.1, 0.15) is 70.4 Å². The van der Waals surface area contributed by atoms with E-state index < -0.39 is 0 Å². The molecule has 1 heterocycles. The molecule has 0 bridgehead atoms. The number of rotatable bonds is 8. The van der Waals surface area contributed by atoms with Crippen molar-refractivity contribution in [2.45, 2.75) is 64.7 Å². The number of nitrogens with two attached hydrogens (primary N) is 2. The molecule has 0 saturated heterocycles. The van der Waals surface area contributed by atoms with Gasteiger partial charge in [-0.1, -0.05) is 57.3 Å². The Kier molecular flexibility index (Phi) is 6.34. The van der Waals surface area contributed by atoms with E-state index in [9.17, 15) is 0 Å². The summed E-state index contributed by atoms with van der Waals surface area (Å²) in [5.41, 5.74) is 12.7. The van der Waals surface area contributed by atoms with Crippen molar-refractivity contribution < 1.29 is 0 Å². The van der Waals surface area contributed by atoms with Crippen molar-refractivity contribution in [3.05, 3.63) is 5.69 Å². The summed E-state index contributed by atoms with van der Waals surface area (Å²) in [6, 6.07) is 0. The molecule has 1 unspecified atom stereocenters. The van der Waals surface area contributed by atoms with E-state index in [1.807, 2.05) is 0 Å². The highest BCUT2D eigenvalue weighted by Crippen LogP contribution is 2.34. The van der Waals surface area contributed by atoms with E-state index in [0.717, 1.165) is 10.7 Å². The number of hydrogen-bond donors (Lipinski definition) is 2. The van der Waals surface area contributed by atoms with Gasteiger partial charge in [0.25, 0.3) is 0 Å². The predicted molar refractivity (Wildman–Crippen MR) is 77.3 cm³/mol. The van der Waals surface area contributed by atoms with Crippen molar-refractivity contribution in [1.29, 1.82) is 0 Å². The van der Waals surface area contributed by atoms with E-state index in [1.54, 1.807) is 0 Å². The van der Waals surface area contributed by atoms with Crippen LogP contribution >= 0.6 is 11.3 Å². The van der Waals surface area contributed by atoms with Crippen LogP contribution in [0, 0.1) is 0 Å². The quantitative estimate of drug-likeness (QED) is 0.685. The molecule has 1 rings (SSSR count). The summed E-state index contributed by atoms with van der Waals surface area (Å²) in [4.78, 5) is 4.40. The third-order valence-corrected chi connectivity index (χ3v) is 3.86. The maximum Gasteiger partial charge on any atom is 0.182 e. The van der Waals surface area contributed by atoms with Gasteiger partial charge in [0, 0.05) is 5.92 Å². The third-order valence-electron chi connectivity index (χ3n) is 3.13. The maximum absolute atomic E-state index is 5.98. The lowest BCUT2D eigenvalue weighted by Crippen LogP contribution is -2.03. The number of thiazole rings is 1. The van der Waals surface area contributed by atoms with Crippen LogP contribution < -0.4 is 11.5 Å². The van der Waals surface area contributed by atoms with Gasteiger partial charge in [-0.3, -0.25) is 0 Å². The fourth-order valence-corrected chi connectivity index (χ4v) is 2.92. The van der Waals surface area contributed by atoms with Gasteiger partial charge in [0.2, 0.25) is 0 Å². The Morgan fingerprint density at radius 2 is 1.82 bits per heavy atom. The highest BCUT2D eigenvalue weighted by atomic mass is 32.1. The van der Waals surface area contributed by atoms with Crippen molar-refractivity contribution >= 4 is 21.5 Å². The molecule has 98 valence electrons. The number of nitrogen functional groups attached to an aromatic ring is 2. The molecule has 0 spiro atoms. The minimum atomic E-state index is 0.505. The zero-order valence-corrected chi connectivity index (χ0v) is 11.9. The van der Waals surface area contributed by atoms with Gasteiger partial charge >= 0.3 is 0 Å². The molecule has 1 atom stereocenters. The van der Waals surface area contributed by atoms with Gasteiger partial charge in [-0.2, -0.15) is 0 Å². The molecule has 0 aliphatic heterocycles. The lowest BCUT2D eigenvalue weighted by atomic mass is 9.93. The summed E-state index contributed by atoms with van der Waals surface area (Å²) in [5.74, 6) is 0.505. The zero-order chi connectivity index (χ0) is 12.7. The van der Waals surface area contributed by atoms with E-state index in [-0.39, 0.29) is 0 Å². The minimum Gasteiger partial charge on any atom is -0.389 e. The molecule has 0 amide bonds. The number of hydrogen-bond acceptors (Lipinski definition) is 4. The standard InChI is InChI=1S/C13H25N3S/c1-3-5-6-7-9-10(8-4-2)11-12(14)17-13(15)16-11/h10H,3-9,14H2,1-2H3,(H2,15,16). The molecular formula is C13H25N3S. The normalized spacial score (nSPS) is 12.8. The first-order valence-corrected chi connectivity index (χ1v) is 7.52. The molecule has 0 aromatic carbocycles. The Bertz CT molecular complexity index is 322. The molecular weight excluding hydrogens is 230 g/mol. The molecule has 0 fully saturated rings. The highest BCUT2D eigenvalue weighted by Gasteiger charge is 2.17. The molecule has 17 heavy (non-hydrogen) atoms. The second-order valence-electron chi connectivity index (χ2n) is 4.64. The number of anilines is 2. The van der Waals surface area contributed by atoms with Crippen LogP contribution in [-0.4, -0.2) is 4.98 Å². The Morgan fingerprint density at radius 1 is 1.06 bits per heavy atom. The van der Waals surface area contributed by atoms with E-state index in [4.69, 9.17) is 11.5 Å². The molecule has 0 saturated carbocycles. The molecule has 4 heteroatoms. The van der Waals surface area contributed by atoms with Crippen LogP contribution in [0.3, 0.4) is 0 Å². The second-order valence-corrected chi connectivity index (χ2v) is 5.70. The van der Waals surface area contributed by atoms with Crippen molar-refractivity contribution in [1.82, 2.24) is 4.98 Å². The molecule has 0 aliphatic rings. The summed E-state index contributed by atoms with van der Waals surface area (Å²) >= 11 is 1.41. The first kappa shape index (κ1) is 14.3. The summed E-state index contributed by atoms with van der Waals surface area (Å²) in [6.45, 7) is 4.45. The van der Waals surface area contributed by atoms with Crippen molar-refractivity contribution in [3.8, 4) is 0 Å². The van der Waals surface area contributed by atoms with E-state index in [2.05, 4.69) is 18.8 Å². The lowest BCUT2D eigenvalue weighted by molar-refractivity contribution is 0.515. The van der Waals surface area contributed by atoms with Crippen LogP contribution in [0.5, 0.6) is 0 Å². The van der Waals surface area contributed by atoms with Crippen molar-refractivity contribution in [3.63, 3.8) is 0 Å². The van der Waals surface area contributed by atoms with Crippen LogP contribution in [0.25, 0.3) is 0 Å². The van der Waals surface area contributed by atoms with Crippen molar-refractivity contribution in [2.75, 3.05) is 11.5 Å². The zero-order valence-electron chi connectivity index (χ0n) is 11.0. The van der Waals surface area contributed by atoms with Gasteiger partial charge in [0.1, 0.15) is 5.00 Å². The number of nitrogens with zero attached hydrogens (tertiary/aromatic N) is 1. The smallest absolute Gasteiger partial charge is 0.182 e. The first-order chi connectivity index (χ1) is 8.19. The molecule has 4 N–H and O–H groups in total. The summed E-state index contributed by atoms with van der Waals surface area (Å²) < 4.78 is 0. The molecule has 1 aromatic rings. The Morgan fingerprint density at radius 3 is 2.35 bits per heavy atom. The van der Waals surface area contributed by atoms with E-state index in [0.29, 0.717) is 11.0 Å². The van der Waals surface area contributed by atoms with Crippen molar-refractivity contribution in [2.24, 2.45) is 0 Å². The van der Waals surface area contributed by atoms with Crippen LogP contribution in [-0.2, 0) is 0 Å². The SMILES string of the molecule is CCCCCCC(CCC)c1nc(N)sc1N. The third kappa shape index (κ3) is 4.54. The second kappa shape index (κ2) is 7.54. The summed E-state index contributed by atoms with van der Waals surface area (Å²) in [7, 11) is 0. The van der Waals surface area contributed by atoms with E-state index in [1.165, 1.54) is 56.3 Å². The fraction of sp³-hybridized carbons (Fsp3) is 0.769. The molecule has 0 radical (unpaired) electrons. The van der Waals surface area contributed by atoms with Gasteiger partial charge in [-0.25, -0.2) is 4.98 Å². The largest absolute Gasteiger partial charge is 0.389 e. The Hall–Kier alpha value is -0.770. The van der Waals surface area contributed by atoms with Gasteiger partial charge in [-0.05, 0) is 12.8 Å². The Labute approximate surface area is 109 Å². The summed E-state index contributed by atoms with van der Waals surface area (Å²) in [5, 5.41) is 1.42. The first-order valence-electron chi connectivity index (χ1n) is 6.70. The average Bonchev–Trinajstić information content (AvgIpc) is 2.62. The highest BCUT2D eigenvalue weighted by molar-refractivity contribution is 7.19. The van der Waals surface area contributed by atoms with Crippen LogP contribution in [0.2, 0.25) is 0 Å². The maximum atomic E-state index is 5.98. The number of unbranched alkanes of at least 4 members (excludes halogenated alkanes) is 3. The number of aromatic nitrogens is 1. The monoisotopic (exact) mass is 255 g/mol. The topological polar surface area (TPSA) is 64.9 Å². The Balaban J connectivity index is 2.55. The minimum absolute atomic E-state index is 0.505. The average molecular weight is 255 g/mol. The van der Waals surface area contributed by atoms with E-state index >= 15 is 0 Å². The fourth-order valence-electron chi connectivity index (χ4n) is 2.24. The molecule has 1 aromatic heterocycles. The van der Waals surface area contributed by atoms with Gasteiger partial charge in [-0.15, -0.1) is 0 Å². The lowest BCUT2D eigenvalue weighted by Gasteiger charge is -2.14.